The fourth-order valence-corrected chi connectivity index (χ4v) is 2.97. The van der Waals surface area contributed by atoms with E-state index in [-0.39, 0.29) is 12.1 Å². The minimum atomic E-state index is -0.0516. The highest BCUT2D eigenvalue weighted by Crippen LogP contribution is 2.33. The van der Waals surface area contributed by atoms with E-state index in [2.05, 4.69) is 0 Å². The van der Waals surface area contributed by atoms with Crippen molar-refractivity contribution in [3.05, 3.63) is 62.0 Å². The molecular weight excluding hydrogens is 288 g/mol. The van der Waals surface area contributed by atoms with Crippen molar-refractivity contribution in [2.45, 2.75) is 26.4 Å². The van der Waals surface area contributed by atoms with Crippen LogP contribution >= 0.6 is 11.6 Å². The third-order valence-corrected chi connectivity index (χ3v) is 4.06. The Labute approximate surface area is 128 Å². The summed E-state index contributed by atoms with van der Waals surface area (Å²) < 4.78 is 7.41. The summed E-state index contributed by atoms with van der Waals surface area (Å²) in [5.41, 5.74) is 9.12. The van der Waals surface area contributed by atoms with E-state index in [0.717, 1.165) is 29.0 Å². The number of hydrogen-bond donors (Lipinski definition) is 1. The third-order valence-electron chi connectivity index (χ3n) is 3.85. The Hall–Kier alpha value is -1.78. The highest BCUT2D eigenvalue weighted by Gasteiger charge is 2.18. The number of fused-ring (bicyclic) bond motifs is 1. The lowest BCUT2D eigenvalue weighted by Gasteiger charge is -2.14. The average Bonchev–Trinajstić information content (AvgIpc) is 2.91. The summed E-state index contributed by atoms with van der Waals surface area (Å²) in [6.07, 6.45) is 0.861. The number of hydrogen-bond acceptors (Lipinski definition) is 3. The highest BCUT2D eigenvalue weighted by atomic mass is 35.5. The lowest BCUT2D eigenvalue weighted by atomic mass is 10.1. The molecule has 0 saturated carbocycles. The van der Waals surface area contributed by atoms with E-state index in [1.54, 1.807) is 10.6 Å². The van der Waals surface area contributed by atoms with Crippen LogP contribution in [-0.2, 0) is 19.5 Å². The number of aryl methyl sites for hydroxylation is 1. The number of nitrogens with zero attached hydrogens (tertiary/aromatic N) is 1. The molecule has 1 aromatic carbocycles. The van der Waals surface area contributed by atoms with Crippen LogP contribution in [0.2, 0.25) is 5.02 Å². The molecule has 0 bridgehead atoms. The van der Waals surface area contributed by atoms with Crippen molar-refractivity contribution in [3.63, 3.8) is 0 Å². The summed E-state index contributed by atoms with van der Waals surface area (Å²) in [7, 11) is 0. The van der Waals surface area contributed by atoms with E-state index in [0.29, 0.717) is 23.7 Å². The lowest BCUT2D eigenvalue weighted by Crippen LogP contribution is -2.27. The molecule has 5 heteroatoms. The summed E-state index contributed by atoms with van der Waals surface area (Å²) in [4.78, 5) is 12.4. The van der Waals surface area contributed by atoms with Crippen LogP contribution in [0.3, 0.4) is 0 Å². The number of ether oxygens (including phenoxy) is 1. The van der Waals surface area contributed by atoms with Crippen molar-refractivity contribution >= 4 is 11.6 Å². The number of benzene rings is 1. The van der Waals surface area contributed by atoms with E-state index in [9.17, 15) is 4.79 Å². The van der Waals surface area contributed by atoms with Gasteiger partial charge in [0.1, 0.15) is 5.75 Å². The minimum Gasteiger partial charge on any atom is -0.493 e. The quantitative estimate of drug-likeness (QED) is 0.946. The monoisotopic (exact) mass is 304 g/mol. The SMILES string of the molecule is Cc1ccc(CN)c(=O)n1Cc1cc(Cl)cc2c1OCC2. The summed E-state index contributed by atoms with van der Waals surface area (Å²) in [5.74, 6) is 0.865. The number of nitrogens with two attached hydrogens (primary N) is 1. The second-order valence-electron chi connectivity index (χ2n) is 5.25. The molecule has 0 amide bonds. The van der Waals surface area contributed by atoms with Crippen LogP contribution in [0.25, 0.3) is 0 Å². The minimum absolute atomic E-state index is 0.0516. The van der Waals surface area contributed by atoms with Crippen molar-refractivity contribution in [1.29, 1.82) is 0 Å². The summed E-state index contributed by atoms with van der Waals surface area (Å²) in [6, 6.07) is 7.49. The zero-order chi connectivity index (χ0) is 15.0. The van der Waals surface area contributed by atoms with Crippen molar-refractivity contribution < 1.29 is 4.74 Å². The molecule has 0 radical (unpaired) electrons. The first-order valence-corrected chi connectivity index (χ1v) is 7.31. The van der Waals surface area contributed by atoms with Gasteiger partial charge in [-0.15, -0.1) is 0 Å². The first-order valence-electron chi connectivity index (χ1n) is 6.93. The highest BCUT2D eigenvalue weighted by molar-refractivity contribution is 6.30. The van der Waals surface area contributed by atoms with Gasteiger partial charge in [0.05, 0.1) is 13.2 Å². The van der Waals surface area contributed by atoms with Gasteiger partial charge in [-0.25, -0.2) is 0 Å². The van der Waals surface area contributed by atoms with Crippen LogP contribution in [0.5, 0.6) is 5.75 Å². The molecule has 0 saturated heterocycles. The molecule has 1 aromatic heterocycles. The molecule has 0 atom stereocenters. The normalized spacial score (nSPS) is 13.1. The molecule has 1 aliphatic heterocycles. The van der Waals surface area contributed by atoms with Gasteiger partial charge in [-0.05, 0) is 30.7 Å². The van der Waals surface area contributed by atoms with E-state index >= 15 is 0 Å². The van der Waals surface area contributed by atoms with Crippen molar-refractivity contribution in [1.82, 2.24) is 4.57 Å². The zero-order valence-corrected chi connectivity index (χ0v) is 12.6. The molecule has 0 spiro atoms. The van der Waals surface area contributed by atoms with Gasteiger partial charge in [0.15, 0.2) is 0 Å². The van der Waals surface area contributed by atoms with Gasteiger partial charge < -0.3 is 15.0 Å². The number of halogens is 1. The van der Waals surface area contributed by atoms with Crippen LogP contribution < -0.4 is 16.0 Å². The van der Waals surface area contributed by atoms with E-state index < -0.39 is 0 Å². The van der Waals surface area contributed by atoms with Crippen molar-refractivity contribution in [2.75, 3.05) is 6.61 Å². The number of aromatic nitrogens is 1. The predicted molar refractivity (Wildman–Crippen MR) is 83.1 cm³/mol. The van der Waals surface area contributed by atoms with Crippen molar-refractivity contribution in [2.24, 2.45) is 5.73 Å². The van der Waals surface area contributed by atoms with Gasteiger partial charge in [-0.1, -0.05) is 17.7 Å². The summed E-state index contributed by atoms with van der Waals surface area (Å²) in [6.45, 7) is 3.26. The topological polar surface area (TPSA) is 57.2 Å². The van der Waals surface area contributed by atoms with Crippen LogP contribution in [0.15, 0.2) is 29.1 Å². The van der Waals surface area contributed by atoms with Gasteiger partial charge in [-0.3, -0.25) is 4.79 Å². The third kappa shape index (κ3) is 2.57. The smallest absolute Gasteiger partial charge is 0.255 e. The van der Waals surface area contributed by atoms with E-state index in [4.69, 9.17) is 22.1 Å². The molecular formula is C16H17ClN2O2. The van der Waals surface area contributed by atoms with Crippen LogP contribution in [0.4, 0.5) is 0 Å². The maximum atomic E-state index is 12.4. The van der Waals surface area contributed by atoms with Crippen LogP contribution in [0.1, 0.15) is 22.4 Å². The van der Waals surface area contributed by atoms with Gasteiger partial charge in [0.25, 0.3) is 5.56 Å². The molecule has 2 heterocycles. The molecule has 4 nitrogen and oxygen atoms in total. The summed E-state index contributed by atoms with van der Waals surface area (Å²) >= 11 is 6.17. The molecule has 21 heavy (non-hydrogen) atoms. The molecule has 0 unspecified atom stereocenters. The fourth-order valence-electron chi connectivity index (χ4n) is 2.70. The maximum absolute atomic E-state index is 12.4. The molecule has 2 N–H and O–H groups in total. The van der Waals surface area contributed by atoms with Crippen LogP contribution in [0, 0.1) is 6.92 Å². The van der Waals surface area contributed by atoms with E-state index in [1.165, 1.54) is 0 Å². The molecule has 0 fully saturated rings. The van der Waals surface area contributed by atoms with Crippen molar-refractivity contribution in [3.8, 4) is 5.75 Å². The maximum Gasteiger partial charge on any atom is 0.255 e. The van der Waals surface area contributed by atoms with Gasteiger partial charge in [-0.2, -0.15) is 0 Å². The Bertz CT molecular complexity index is 753. The Morgan fingerprint density at radius 2 is 2.14 bits per heavy atom. The summed E-state index contributed by atoms with van der Waals surface area (Å²) in [5, 5.41) is 0.676. The fraction of sp³-hybridized carbons (Fsp3) is 0.312. The van der Waals surface area contributed by atoms with Gasteiger partial charge in [0.2, 0.25) is 0 Å². The first kappa shape index (κ1) is 14.2. The Morgan fingerprint density at radius 3 is 2.90 bits per heavy atom. The second kappa shape index (κ2) is 5.54. The van der Waals surface area contributed by atoms with Gasteiger partial charge in [0, 0.05) is 34.8 Å². The predicted octanol–water partition coefficient (Wildman–Crippen LogP) is 2.25. The molecule has 2 aromatic rings. The Kier molecular flexibility index (Phi) is 3.74. The van der Waals surface area contributed by atoms with Crippen LogP contribution in [-0.4, -0.2) is 11.2 Å². The van der Waals surface area contributed by atoms with E-state index in [1.807, 2.05) is 25.1 Å². The zero-order valence-electron chi connectivity index (χ0n) is 11.9. The Morgan fingerprint density at radius 1 is 1.33 bits per heavy atom. The number of rotatable bonds is 3. The molecule has 1 aliphatic rings. The average molecular weight is 305 g/mol. The van der Waals surface area contributed by atoms with Gasteiger partial charge >= 0.3 is 0 Å². The molecule has 3 rings (SSSR count). The largest absolute Gasteiger partial charge is 0.493 e. The Balaban J connectivity index is 2.08. The molecule has 0 aliphatic carbocycles. The second-order valence-corrected chi connectivity index (χ2v) is 5.68. The first-order chi connectivity index (χ1) is 10.1. The standard InChI is InChI=1S/C16H17ClN2O2/c1-10-2-3-12(8-18)16(20)19(10)9-13-7-14(17)6-11-4-5-21-15(11)13/h2-3,6-7H,4-5,8-9,18H2,1H3. The molecule has 110 valence electrons. The number of pyridine rings is 1. The lowest BCUT2D eigenvalue weighted by molar-refractivity contribution is 0.352.